The van der Waals surface area contributed by atoms with Crippen LogP contribution in [0, 0.1) is 11.6 Å². The monoisotopic (exact) mass is 642 g/mol. The predicted octanol–water partition coefficient (Wildman–Crippen LogP) is 6.27. The lowest BCUT2D eigenvalue weighted by atomic mass is 9.96. The minimum atomic E-state index is -3.77. The second kappa shape index (κ2) is 11.1. The first-order valence-corrected chi connectivity index (χ1v) is 16.3. The molecule has 4 heterocycles. The number of rotatable bonds is 7. The molecule has 1 unspecified atom stereocenters. The second-order valence-corrected chi connectivity index (χ2v) is 13.1. The Balaban J connectivity index is 1.48. The third-order valence-corrected chi connectivity index (χ3v) is 9.68. The van der Waals surface area contributed by atoms with Gasteiger partial charge < -0.3 is 19.4 Å². The molecule has 9 nitrogen and oxygen atoms in total. The largest absolute Gasteiger partial charge is 0.455 e. The first kappa shape index (κ1) is 29.6. The first-order chi connectivity index (χ1) is 22.1. The molecule has 46 heavy (non-hydrogen) atoms. The van der Waals surface area contributed by atoms with E-state index >= 15 is 0 Å². The van der Waals surface area contributed by atoms with Gasteiger partial charge in [0.1, 0.15) is 23.0 Å². The molecule has 6 aromatic rings. The molecule has 0 fully saturated rings. The Kier molecular flexibility index (Phi) is 7.13. The van der Waals surface area contributed by atoms with E-state index in [2.05, 4.69) is 10.0 Å². The van der Waals surface area contributed by atoms with Crippen molar-refractivity contribution in [3.05, 3.63) is 95.6 Å². The number of nitrogens with zero attached hydrogens (tertiary/aromatic N) is 2. The van der Waals surface area contributed by atoms with E-state index in [4.69, 9.17) is 9.40 Å². The van der Waals surface area contributed by atoms with E-state index in [1.54, 1.807) is 30.3 Å². The summed E-state index contributed by atoms with van der Waals surface area (Å²) in [4.78, 5) is 18.2. The van der Waals surface area contributed by atoms with Crippen molar-refractivity contribution >= 4 is 43.5 Å². The van der Waals surface area contributed by atoms with E-state index in [0.717, 1.165) is 5.56 Å². The van der Waals surface area contributed by atoms with Gasteiger partial charge in [0.15, 0.2) is 0 Å². The van der Waals surface area contributed by atoms with Gasteiger partial charge in [0.25, 0.3) is 5.91 Å². The molecule has 3 aromatic carbocycles. The van der Waals surface area contributed by atoms with Crippen LogP contribution in [0.3, 0.4) is 0 Å². The van der Waals surface area contributed by atoms with Gasteiger partial charge >= 0.3 is 0 Å². The number of furan rings is 1. The average molecular weight is 643 g/mol. The SMILES string of the molecule is CCS(=O)(=O)Nc1cc2oc(-c3ccc(F)cc3)c(C(=O)NC)c2cc1-c1ccc2c(n1)-c1cc3c(F)cccc3n1C(CO)C2. The fourth-order valence-corrected chi connectivity index (χ4v) is 6.79. The van der Waals surface area contributed by atoms with Crippen molar-refractivity contribution in [3.8, 4) is 34.0 Å². The smallest absolute Gasteiger partial charge is 0.255 e. The lowest BCUT2D eigenvalue weighted by Crippen LogP contribution is -2.22. The topological polar surface area (TPSA) is 126 Å². The van der Waals surface area contributed by atoms with Crippen molar-refractivity contribution in [1.82, 2.24) is 14.9 Å². The van der Waals surface area contributed by atoms with Crippen LogP contribution in [0.25, 0.3) is 55.8 Å². The Hall–Kier alpha value is -5.07. The van der Waals surface area contributed by atoms with Gasteiger partial charge in [0.2, 0.25) is 10.0 Å². The van der Waals surface area contributed by atoms with Gasteiger partial charge in [-0.05, 0) is 73.5 Å². The summed E-state index contributed by atoms with van der Waals surface area (Å²) in [6.07, 6.45) is 0.449. The minimum absolute atomic E-state index is 0.159. The fourth-order valence-electron chi connectivity index (χ4n) is 6.14. The summed E-state index contributed by atoms with van der Waals surface area (Å²) < 4.78 is 64.9. The number of fused-ring (bicyclic) bond motifs is 6. The number of halogens is 2. The summed E-state index contributed by atoms with van der Waals surface area (Å²) in [7, 11) is -2.29. The second-order valence-electron chi connectivity index (χ2n) is 11.1. The third kappa shape index (κ3) is 4.81. The lowest BCUT2D eigenvalue weighted by molar-refractivity contribution is 0.0964. The Morgan fingerprint density at radius 1 is 1.07 bits per heavy atom. The van der Waals surface area contributed by atoms with Gasteiger partial charge in [0.05, 0.1) is 52.3 Å². The molecule has 0 bridgehead atoms. The maximum absolute atomic E-state index is 14.9. The number of aliphatic hydroxyl groups is 1. The van der Waals surface area contributed by atoms with Crippen LogP contribution in [-0.4, -0.2) is 48.4 Å². The van der Waals surface area contributed by atoms with Crippen LogP contribution in [0.1, 0.15) is 28.9 Å². The van der Waals surface area contributed by atoms with E-state index in [-0.39, 0.29) is 41.0 Å². The number of amides is 1. The van der Waals surface area contributed by atoms with Gasteiger partial charge in [-0.15, -0.1) is 0 Å². The number of carbonyl (C=O) groups is 1. The van der Waals surface area contributed by atoms with Gasteiger partial charge in [-0.1, -0.05) is 12.1 Å². The van der Waals surface area contributed by atoms with Crippen molar-refractivity contribution in [3.63, 3.8) is 0 Å². The highest BCUT2D eigenvalue weighted by Crippen LogP contribution is 2.43. The summed E-state index contributed by atoms with van der Waals surface area (Å²) in [5, 5.41) is 13.7. The average Bonchev–Trinajstić information content (AvgIpc) is 3.63. The Morgan fingerprint density at radius 3 is 2.57 bits per heavy atom. The van der Waals surface area contributed by atoms with Crippen LogP contribution in [-0.2, 0) is 16.4 Å². The molecule has 7 rings (SSSR count). The quantitative estimate of drug-likeness (QED) is 0.188. The first-order valence-electron chi connectivity index (χ1n) is 14.6. The summed E-state index contributed by atoms with van der Waals surface area (Å²) in [6.45, 7) is 1.35. The number of anilines is 1. The maximum Gasteiger partial charge on any atom is 0.255 e. The number of hydrogen-bond donors (Lipinski definition) is 3. The van der Waals surface area contributed by atoms with Crippen LogP contribution >= 0.6 is 0 Å². The molecule has 3 N–H and O–H groups in total. The van der Waals surface area contributed by atoms with Gasteiger partial charge in [-0.3, -0.25) is 9.52 Å². The van der Waals surface area contributed by atoms with E-state index < -0.39 is 27.6 Å². The minimum Gasteiger partial charge on any atom is -0.455 e. The van der Waals surface area contributed by atoms with Crippen LogP contribution < -0.4 is 10.0 Å². The summed E-state index contributed by atoms with van der Waals surface area (Å²) >= 11 is 0. The molecule has 0 saturated heterocycles. The highest BCUT2D eigenvalue weighted by atomic mass is 32.2. The van der Waals surface area contributed by atoms with Gasteiger partial charge in [-0.25, -0.2) is 22.2 Å². The van der Waals surface area contributed by atoms with E-state index in [9.17, 15) is 27.1 Å². The van der Waals surface area contributed by atoms with Crippen molar-refractivity contribution < 1.29 is 31.5 Å². The Labute approximate surface area is 262 Å². The number of sulfonamides is 1. The van der Waals surface area contributed by atoms with Gasteiger partial charge in [0, 0.05) is 35.0 Å². The molecule has 1 aliphatic rings. The number of carbonyl (C=O) groups excluding carboxylic acids is 1. The van der Waals surface area contributed by atoms with Crippen molar-refractivity contribution in [2.75, 3.05) is 24.1 Å². The lowest BCUT2D eigenvalue weighted by Gasteiger charge is -2.27. The summed E-state index contributed by atoms with van der Waals surface area (Å²) in [5.41, 5.74) is 4.47. The molecule has 0 radical (unpaired) electrons. The summed E-state index contributed by atoms with van der Waals surface area (Å²) in [6, 6.07) is 18.4. The van der Waals surface area contributed by atoms with Crippen LogP contribution in [0.4, 0.5) is 14.5 Å². The van der Waals surface area contributed by atoms with Gasteiger partial charge in [-0.2, -0.15) is 0 Å². The highest BCUT2D eigenvalue weighted by Gasteiger charge is 2.30. The molecule has 3 aromatic heterocycles. The Bertz CT molecular complexity index is 2300. The zero-order valence-corrected chi connectivity index (χ0v) is 25.6. The van der Waals surface area contributed by atoms with E-state index in [1.165, 1.54) is 50.4 Å². The molecule has 0 spiro atoms. The molecule has 1 amide bonds. The van der Waals surface area contributed by atoms with Crippen LogP contribution in [0.2, 0.25) is 0 Å². The number of nitrogens with one attached hydrogen (secondary N) is 2. The zero-order chi connectivity index (χ0) is 32.3. The number of hydrogen-bond acceptors (Lipinski definition) is 6. The molecule has 12 heteroatoms. The molecular weight excluding hydrogens is 614 g/mol. The zero-order valence-electron chi connectivity index (χ0n) is 24.8. The number of pyridine rings is 1. The molecule has 234 valence electrons. The normalized spacial score (nSPS) is 14.3. The fraction of sp³-hybridized carbons (Fsp3) is 0.176. The predicted molar refractivity (Wildman–Crippen MR) is 172 cm³/mol. The molecule has 0 aliphatic carbocycles. The van der Waals surface area contributed by atoms with E-state index in [1.807, 2.05) is 10.6 Å². The molecular formula is C34H28F2N4O5S. The Morgan fingerprint density at radius 2 is 1.85 bits per heavy atom. The molecule has 1 aliphatic heterocycles. The van der Waals surface area contributed by atoms with Crippen molar-refractivity contribution in [1.29, 1.82) is 0 Å². The highest BCUT2D eigenvalue weighted by molar-refractivity contribution is 7.92. The third-order valence-electron chi connectivity index (χ3n) is 8.39. The molecule has 1 atom stereocenters. The number of aliphatic hydroxyl groups excluding tert-OH is 1. The van der Waals surface area contributed by atoms with Crippen molar-refractivity contribution in [2.24, 2.45) is 0 Å². The van der Waals surface area contributed by atoms with Crippen LogP contribution in [0.15, 0.2) is 77.2 Å². The van der Waals surface area contributed by atoms with Crippen molar-refractivity contribution in [2.45, 2.75) is 19.4 Å². The van der Waals surface area contributed by atoms with Crippen LogP contribution in [0.5, 0.6) is 0 Å². The number of benzene rings is 3. The number of aromatic nitrogens is 2. The van der Waals surface area contributed by atoms with E-state index in [0.29, 0.717) is 50.9 Å². The standard InChI is InChI=1S/C34H28F2N4O5S/c1-3-46(43,44)39-27-16-30-24(31(34(42)37-2)33(45-30)18-7-10-20(35)11-8-18)14-23(27)26-12-9-19-13-21(17-41)40-28-6-4-5-25(36)22(28)15-29(40)32(19)38-26/h4-12,14-16,21,39,41H,3,13,17H2,1-2H3,(H,37,42). The summed E-state index contributed by atoms with van der Waals surface area (Å²) in [5.74, 6) is -1.31. The maximum atomic E-state index is 14.9. The molecule has 0 saturated carbocycles.